The van der Waals surface area contributed by atoms with Gasteiger partial charge in [-0.25, -0.2) is 4.98 Å². The van der Waals surface area contributed by atoms with Gasteiger partial charge in [0.15, 0.2) is 11.6 Å². The molecule has 0 saturated heterocycles. The second-order valence-corrected chi connectivity index (χ2v) is 6.54. The van der Waals surface area contributed by atoms with Crippen LogP contribution in [0.4, 0.5) is 0 Å². The molecule has 124 valence electrons. The standard InChI is InChI=1S/C20H14Cl2N2O/c1-12-19(13-5-3-2-4-6-13)24-20(23-12)18-10-9-17(25-18)15-8-7-14(21)11-16(15)22/h2-11H,1H3,(H,23,24). The zero-order chi connectivity index (χ0) is 17.4. The Morgan fingerprint density at radius 2 is 1.68 bits per heavy atom. The van der Waals surface area contributed by atoms with Crippen LogP contribution in [0.25, 0.3) is 34.2 Å². The van der Waals surface area contributed by atoms with Gasteiger partial charge in [0.2, 0.25) is 0 Å². The summed E-state index contributed by atoms with van der Waals surface area (Å²) < 4.78 is 5.96. The lowest BCUT2D eigenvalue weighted by atomic mass is 10.1. The third-order valence-corrected chi connectivity index (χ3v) is 4.53. The molecule has 0 unspecified atom stereocenters. The molecule has 4 aromatic rings. The Balaban J connectivity index is 1.71. The highest BCUT2D eigenvalue weighted by molar-refractivity contribution is 6.36. The first-order chi connectivity index (χ1) is 12.1. The molecule has 0 fully saturated rings. The maximum absolute atomic E-state index is 6.26. The summed E-state index contributed by atoms with van der Waals surface area (Å²) >= 11 is 12.2. The van der Waals surface area contributed by atoms with E-state index in [-0.39, 0.29) is 0 Å². The summed E-state index contributed by atoms with van der Waals surface area (Å²) in [6.07, 6.45) is 0. The van der Waals surface area contributed by atoms with Crippen LogP contribution >= 0.6 is 23.2 Å². The minimum atomic E-state index is 0.550. The van der Waals surface area contributed by atoms with Crippen LogP contribution in [0.5, 0.6) is 0 Å². The highest BCUT2D eigenvalue weighted by Gasteiger charge is 2.15. The summed E-state index contributed by atoms with van der Waals surface area (Å²) in [6.45, 7) is 1.97. The molecule has 1 N–H and O–H groups in total. The molecule has 0 aliphatic heterocycles. The summed E-state index contributed by atoms with van der Waals surface area (Å²) in [5.74, 6) is 2.02. The number of nitrogens with one attached hydrogen (secondary N) is 1. The van der Waals surface area contributed by atoms with Crippen molar-refractivity contribution in [3.63, 3.8) is 0 Å². The SMILES string of the molecule is Cc1nc(-c2ccc(-c3ccc(Cl)cc3Cl)o2)[nH]c1-c1ccccc1. The van der Waals surface area contributed by atoms with Gasteiger partial charge in [0.25, 0.3) is 0 Å². The van der Waals surface area contributed by atoms with Gasteiger partial charge in [-0.1, -0.05) is 53.5 Å². The molecule has 4 rings (SSSR count). The molecule has 2 heterocycles. The van der Waals surface area contributed by atoms with Gasteiger partial charge in [0.1, 0.15) is 5.76 Å². The minimum Gasteiger partial charge on any atom is -0.453 e. The van der Waals surface area contributed by atoms with Crippen LogP contribution in [0.1, 0.15) is 5.69 Å². The molecule has 3 nitrogen and oxygen atoms in total. The number of aryl methyl sites for hydroxylation is 1. The van der Waals surface area contributed by atoms with Crippen molar-refractivity contribution in [2.45, 2.75) is 6.92 Å². The molecule has 0 atom stereocenters. The van der Waals surface area contributed by atoms with Crippen LogP contribution in [0.15, 0.2) is 65.1 Å². The Morgan fingerprint density at radius 3 is 2.44 bits per heavy atom. The number of hydrogen-bond acceptors (Lipinski definition) is 2. The van der Waals surface area contributed by atoms with E-state index in [1.54, 1.807) is 12.1 Å². The van der Waals surface area contributed by atoms with E-state index in [1.807, 2.05) is 55.5 Å². The third kappa shape index (κ3) is 3.09. The number of aromatic amines is 1. The fraction of sp³-hybridized carbons (Fsp3) is 0.0500. The summed E-state index contributed by atoms with van der Waals surface area (Å²) in [4.78, 5) is 7.94. The largest absolute Gasteiger partial charge is 0.453 e. The summed E-state index contributed by atoms with van der Waals surface area (Å²) in [5, 5.41) is 1.14. The van der Waals surface area contributed by atoms with Crippen LogP contribution in [-0.4, -0.2) is 9.97 Å². The van der Waals surface area contributed by atoms with E-state index < -0.39 is 0 Å². The molecular weight excluding hydrogens is 355 g/mol. The van der Waals surface area contributed by atoms with Gasteiger partial charge in [-0.2, -0.15) is 0 Å². The van der Waals surface area contributed by atoms with E-state index in [9.17, 15) is 0 Å². The number of hydrogen-bond donors (Lipinski definition) is 1. The van der Waals surface area contributed by atoms with Crippen LogP contribution < -0.4 is 0 Å². The van der Waals surface area contributed by atoms with Crippen LogP contribution in [0.2, 0.25) is 10.0 Å². The van der Waals surface area contributed by atoms with Crippen molar-refractivity contribution in [3.8, 4) is 34.2 Å². The van der Waals surface area contributed by atoms with Crippen molar-refractivity contribution < 1.29 is 4.42 Å². The maximum Gasteiger partial charge on any atom is 0.174 e. The van der Waals surface area contributed by atoms with Gasteiger partial charge >= 0.3 is 0 Å². The Kier molecular flexibility index (Phi) is 4.12. The molecule has 0 aliphatic rings. The van der Waals surface area contributed by atoms with Crippen molar-refractivity contribution in [3.05, 3.63) is 76.4 Å². The topological polar surface area (TPSA) is 41.8 Å². The Morgan fingerprint density at radius 1 is 0.920 bits per heavy atom. The van der Waals surface area contributed by atoms with E-state index in [4.69, 9.17) is 27.6 Å². The summed E-state index contributed by atoms with van der Waals surface area (Å²) in [5.41, 5.74) is 3.79. The van der Waals surface area contributed by atoms with E-state index in [0.717, 1.165) is 22.5 Å². The number of benzene rings is 2. The first-order valence-corrected chi connectivity index (χ1v) is 8.55. The predicted molar refractivity (Wildman–Crippen MR) is 102 cm³/mol. The molecule has 0 saturated carbocycles. The van der Waals surface area contributed by atoms with Crippen molar-refractivity contribution in [2.75, 3.05) is 0 Å². The molecule has 2 aromatic carbocycles. The zero-order valence-corrected chi connectivity index (χ0v) is 14.9. The van der Waals surface area contributed by atoms with Crippen molar-refractivity contribution in [1.82, 2.24) is 9.97 Å². The molecule has 0 spiro atoms. The number of H-pyrrole nitrogens is 1. The number of rotatable bonds is 3. The molecule has 5 heteroatoms. The molecule has 0 radical (unpaired) electrons. The Labute approximate surface area is 155 Å². The molecule has 25 heavy (non-hydrogen) atoms. The van der Waals surface area contributed by atoms with Crippen LogP contribution in [-0.2, 0) is 0 Å². The molecule has 0 amide bonds. The third-order valence-electron chi connectivity index (χ3n) is 3.98. The fourth-order valence-electron chi connectivity index (χ4n) is 2.76. The predicted octanol–water partition coefficient (Wildman–Crippen LogP) is 6.62. The number of aromatic nitrogens is 2. The van der Waals surface area contributed by atoms with Crippen molar-refractivity contribution in [1.29, 1.82) is 0 Å². The minimum absolute atomic E-state index is 0.550. The average molecular weight is 369 g/mol. The van der Waals surface area contributed by atoms with Gasteiger partial charge in [0.05, 0.1) is 16.4 Å². The quantitative estimate of drug-likeness (QED) is 0.441. The van der Waals surface area contributed by atoms with Gasteiger partial charge < -0.3 is 9.40 Å². The molecule has 0 aliphatic carbocycles. The highest BCUT2D eigenvalue weighted by Crippen LogP contribution is 2.34. The number of halogens is 2. The van der Waals surface area contributed by atoms with E-state index in [2.05, 4.69) is 9.97 Å². The molecule has 0 bridgehead atoms. The monoisotopic (exact) mass is 368 g/mol. The second kappa shape index (κ2) is 6.43. The number of nitrogens with zero attached hydrogens (tertiary/aromatic N) is 1. The number of furan rings is 1. The van der Waals surface area contributed by atoms with Gasteiger partial charge in [-0.05, 0) is 42.8 Å². The second-order valence-electron chi connectivity index (χ2n) is 5.70. The average Bonchev–Trinajstić information content (AvgIpc) is 3.22. The smallest absolute Gasteiger partial charge is 0.174 e. The fourth-order valence-corrected chi connectivity index (χ4v) is 3.26. The number of imidazole rings is 1. The first kappa shape index (κ1) is 16.0. The zero-order valence-electron chi connectivity index (χ0n) is 13.4. The Bertz CT molecular complexity index is 1040. The van der Waals surface area contributed by atoms with Crippen molar-refractivity contribution >= 4 is 23.2 Å². The first-order valence-electron chi connectivity index (χ1n) is 7.79. The van der Waals surface area contributed by atoms with E-state index in [0.29, 0.717) is 27.4 Å². The normalized spacial score (nSPS) is 11.0. The lowest BCUT2D eigenvalue weighted by molar-refractivity contribution is 0.593. The highest BCUT2D eigenvalue weighted by atomic mass is 35.5. The van der Waals surface area contributed by atoms with Crippen LogP contribution in [0.3, 0.4) is 0 Å². The van der Waals surface area contributed by atoms with Gasteiger partial charge in [-0.3, -0.25) is 0 Å². The molecule has 2 aromatic heterocycles. The Hall–Kier alpha value is -2.49. The van der Waals surface area contributed by atoms with Crippen molar-refractivity contribution in [2.24, 2.45) is 0 Å². The lowest BCUT2D eigenvalue weighted by Gasteiger charge is -2.01. The maximum atomic E-state index is 6.26. The van der Waals surface area contributed by atoms with Gasteiger partial charge in [0, 0.05) is 10.6 Å². The lowest BCUT2D eigenvalue weighted by Crippen LogP contribution is -1.80. The summed E-state index contributed by atoms with van der Waals surface area (Å²) in [6, 6.07) is 19.2. The summed E-state index contributed by atoms with van der Waals surface area (Å²) in [7, 11) is 0. The molecular formula is C20H14Cl2N2O. The van der Waals surface area contributed by atoms with Crippen LogP contribution in [0, 0.1) is 6.92 Å². The van der Waals surface area contributed by atoms with E-state index >= 15 is 0 Å². The van der Waals surface area contributed by atoms with Gasteiger partial charge in [-0.15, -0.1) is 0 Å². The van der Waals surface area contributed by atoms with E-state index in [1.165, 1.54) is 0 Å².